The van der Waals surface area contributed by atoms with Gasteiger partial charge in [-0.3, -0.25) is 4.90 Å². The molecule has 1 aromatic carbocycles. The number of nitrogens with zero attached hydrogens (tertiary/aromatic N) is 2. The van der Waals surface area contributed by atoms with Crippen molar-refractivity contribution >= 4 is 17.1 Å². The molecule has 3 heterocycles. The monoisotopic (exact) mass is 307 g/mol. The van der Waals surface area contributed by atoms with Gasteiger partial charge in [0.2, 0.25) is 0 Å². The van der Waals surface area contributed by atoms with Crippen LogP contribution in [-0.2, 0) is 9.47 Å². The van der Waals surface area contributed by atoms with E-state index in [0.29, 0.717) is 31.4 Å². The van der Waals surface area contributed by atoms with Gasteiger partial charge in [0, 0.05) is 19.6 Å². The average Bonchev–Trinajstić information content (AvgIpc) is 2.98. The molecule has 2 aromatic rings. The number of rotatable bonds is 3. The highest BCUT2D eigenvalue weighted by Gasteiger charge is 2.42. The Bertz CT molecular complexity index is 663. The molecule has 0 unspecified atom stereocenters. The van der Waals surface area contributed by atoms with Gasteiger partial charge in [-0.25, -0.2) is 4.39 Å². The molecule has 0 aliphatic carbocycles. The van der Waals surface area contributed by atoms with E-state index in [-0.39, 0.29) is 16.9 Å². The van der Waals surface area contributed by atoms with E-state index in [1.165, 1.54) is 6.07 Å². The number of aromatic nitrogens is 1. The second-order valence-corrected chi connectivity index (χ2v) is 5.78. The van der Waals surface area contributed by atoms with Crippen LogP contribution in [0.15, 0.2) is 22.6 Å². The normalized spacial score (nSPS) is 21.7. The Morgan fingerprint density at radius 1 is 1.23 bits per heavy atom. The van der Waals surface area contributed by atoms with Crippen molar-refractivity contribution in [1.82, 2.24) is 9.88 Å². The molecule has 0 saturated carbocycles. The summed E-state index contributed by atoms with van der Waals surface area (Å²) < 4.78 is 30.5. The summed E-state index contributed by atoms with van der Waals surface area (Å²) in [6.45, 7) is 5.08. The van der Waals surface area contributed by atoms with Gasteiger partial charge in [-0.1, -0.05) is 6.07 Å². The number of ether oxygens (including phenoxy) is 2. The number of nitrogens with one attached hydrogen (secondary N) is 1. The molecule has 0 radical (unpaired) electrons. The minimum atomic E-state index is -0.379. The Morgan fingerprint density at radius 3 is 2.73 bits per heavy atom. The summed E-state index contributed by atoms with van der Waals surface area (Å²) in [6.07, 6.45) is 0. The summed E-state index contributed by atoms with van der Waals surface area (Å²) in [5.41, 5.74) is 0.478. The van der Waals surface area contributed by atoms with E-state index in [0.717, 1.165) is 26.3 Å². The Hall–Kier alpha value is -1.70. The van der Waals surface area contributed by atoms with Crippen molar-refractivity contribution < 1.29 is 18.3 Å². The number of morpholine rings is 2. The van der Waals surface area contributed by atoms with Crippen molar-refractivity contribution in [2.75, 3.05) is 51.4 Å². The molecule has 0 amide bonds. The highest BCUT2D eigenvalue weighted by atomic mass is 19.1. The lowest BCUT2D eigenvalue weighted by Gasteiger charge is -2.49. The van der Waals surface area contributed by atoms with Gasteiger partial charge in [-0.05, 0) is 12.1 Å². The number of halogens is 1. The summed E-state index contributed by atoms with van der Waals surface area (Å²) in [5.74, 6) is -0.379. The topological polar surface area (TPSA) is 59.8 Å². The standard InChI is InChI=1S/C15H18FN3O3/c16-11-2-1-3-12-13(11)18-14(22-12)17-8-15-9-20-6-4-19(15)5-7-21-10-15/h1-3H,4-10H2,(H,17,18). The van der Waals surface area contributed by atoms with Crippen LogP contribution >= 0.6 is 0 Å². The molecule has 1 N–H and O–H groups in total. The summed E-state index contributed by atoms with van der Waals surface area (Å²) in [7, 11) is 0. The second kappa shape index (κ2) is 5.49. The number of para-hydroxylation sites is 1. The minimum absolute atomic E-state index is 0.213. The van der Waals surface area contributed by atoms with Crippen LogP contribution in [0, 0.1) is 5.82 Å². The first-order valence-electron chi connectivity index (χ1n) is 7.46. The number of oxazole rings is 1. The molecule has 118 valence electrons. The van der Waals surface area contributed by atoms with Crippen LogP contribution in [0.1, 0.15) is 0 Å². The molecule has 6 nitrogen and oxygen atoms in total. The molecule has 0 atom stereocenters. The van der Waals surface area contributed by atoms with Gasteiger partial charge >= 0.3 is 0 Å². The maximum Gasteiger partial charge on any atom is 0.295 e. The first kappa shape index (κ1) is 13.9. The maximum atomic E-state index is 13.7. The summed E-state index contributed by atoms with van der Waals surface area (Å²) in [4.78, 5) is 6.56. The molecular weight excluding hydrogens is 289 g/mol. The van der Waals surface area contributed by atoms with Gasteiger partial charge in [0.25, 0.3) is 6.01 Å². The van der Waals surface area contributed by atoms with E-state index in [2.05, 4.69) is 15.2 Å². The van der Waals surface area contributed by atoms with Crippen molar-refractivity contribution in [3.05, 3.63) is 24.0 Å². The van der Waals surface area contributed by atoms with Gasteiger partial charge in [-0.2, -0.15) is 4.98 Å². The van der Waals surface area contributed by atoms with Gasteiger partial charge in [0.05, 0.1) is 32.0 Å². The fraction of sp³-hybridized carbons (Fsp3) is 0.533. The quantitative estimate of drug-likeness (QED) is 0.927. The van der Waals surface area contributed by atoms with E-state index in [1.54, 1.807) is 12.1 Å². The Labute approximate surface area is 127 Å². The number of hydrogen-bond donors (Lipinski definition) is 1. The number of benzene rings is 1. The molecule has 4 rings (SSSR count). The van der Waals surface area contributed by atoms with Gasteiger partial charge < -0.3 is 19.2 Å². The molecule has 0 bridgehead atoms. The maximum absolute atomic E-state index is 13.7. The lowest BCUT2D eigenvalue weighted by atomic mass is 9.96. The first-order valence-corrected chi connectivity index (χ1v) is 7.46. The Balaban J connectivity index is 1.53. The van der Waals surface area contributed by atoms with E-state index >= 15 is 0 Å². The molecule has 2 aliphatic heterocycles. The van der Waals surface area contributed by atoms with Crippen LogP contribution in [0.25, 0.3) is 11.1 Å². The largest absolute Gasteiger partial charge is 0.423 e. The molecule has 2 aliphatic rings. The number of anilines is 1. The predicted molar refractivity (Wildman–Crippen MR) is 78.4 cm³/mol. The average molecular weight is 307 g/mol. The molecule has 1 aromatic heterocycles. The zero-order valence-corrected chi connectivity index (χ0v) is 12.2. The van der Waals surface area contributed by atoms with Crippen LogP contribution in [0.3, 0.4) is 0 Å². The zero-order chi connectivity index (χ0) is 15.0. The number of hydrogen-bond acceptors (Lipinski definition) is 6. The molecular formula is C15H18FN3O3. The van der Waals surface area contributed by atoms with Crippen LogP contribution < -0.4 is 5.32 Å². The van der Waals surface area contributed by atoms with Crippen molar-refractivity contribution in [2.45, 2.75) is 5.54 Å². The molecule has 2 saturated heterocycles. The third kappa shape index (κ3) is 2.35. The number of fused-ring (bicyclic) bond motifs is 2. The molecule has 7 heteroatoms. The second-order valence-electron chi connectivity index (χ2n) is 5.78. The van der Waals surface area contributed by atoms with Crippen molar-refractivity contribution in [1.29, 1.82) is 0 Å². The van der Waals surface area contributed by atoms with E-state index < -0.39 is 0 Å². The van der Waals surface area contributed by atoms with Crippen LogP contribution in [0.5, 0.6) is 0 Å². The zero-order valence-electron chi connectivity index (χ0n) is 12.2. The fourth-order valence-corrected chi connectivity index (χ4v) is 3.13. The summed E-state index contributed by atoms with van der Waals surface area (Å²) in [5, 5.41) is 3.17. The van der Waals surface area contributed by atoms with E-state index in [9.17, 15) is 4.39 Å². The molecule has 22 heavy (non-hydrogen) atoms. The van der Waals surface area contributed by atoms with Gasteiger partial charge in [0.1, 0.15) is 5.52 Å². The third-order valence-corrected chi connectivity index (χ3v) is 4.36. The van der Waals surface area contributed by atoms with Gasteiger partial charge in [-0.15, -0.1) is 0 Å². The minimum Gasteiger partial charge on any atom is -0.423 e. The van der Waals surface area contributed by atoms with Crippen molar-refractivity contribution in [3.8, 4) is 0 Å². The molecule has 0 spiro atoms. The lowest BCUT2D eigenvalue weighted by Crippen LogP contribution is -2.66. The van der Waals surface area contributed by atoms with E-state index in [4.69, 9.17) is 13.9 Å². The van der Waals surface area contributed by atoms with Crippen molar-refractivity contribution in [3.63, 3.8) is 0 Å². The van der Waals surface area contributed by atoms with Gasteiger partial charge in [0.15, 0.2) is 11.4 Å². The highest BCUT2D eigenvalue weighted by molar-refractivity contribution is 5.74. The smallest absolute Gasteiger partial charge is 0.295 e. The van der Waals surface area contributed by atoms with Crippen LogP contribution in [0.4, 0.5) is 10.4 Å². The lowest BCUT2D eigenvalue weighted by molar-refractivity contribution is -0.135. The van der Waals surface area contributed by atoms with Crippen molar-refractivity contribution in [2.24, 2.45) is 0 Å². The predicted octanol–water partition coefficient (Wildman–Crippen LogP) is 1.48. The summed E-state index contributed by atoms with van der Waals surface area (Å²) in [6, 6.07) is 5.01. The SMILES string of the molecule is Fc1cccc2oc(NCC34COCCN3CCOC4)nc12. The Kier molecular flexibility index (Phi) is 3.48. The highest BCUT2D eigenvalue weighted by Crippen LogP contribution is 2.26. The first-order chi connectivity index (χ1) is 10.8. The summed E-state index contributed by atoms with van der Waals surface area (Å²) >= 11 is 0. The van der Waals surface area contributed by atoms with Crippen LogP contribution in [0.2, 0.25) is 0 Å². The third-order valence-electron chi connectivity index (χ3n) is 4.36. The van der Waals surface area contributed by atoms with E-state index in [1.807, 2.05) is 0 Å². The molecule has 2 fully saturated rings. The Morgan fingerprint density at radius 2 is 2.00 bits per heavy atom. The van der Waals surface area contributed by atoms with Crippen LogP contribution in [-0.4, -0.2) is 61.5 Å². The fourth-order valence-electron chi connectivity index (χ4n) is 3.13.